The van der Waals surface area contributed by atoms with Crippen molar-refractivity contribution in [3.63, 3.8) is 0 Å². The first-order chi connectivity index (χ1) is 12.1. The van der Waals surface area contributed by atoms with Crippen LogP contribution in [0.3, 0.4) is 0 Å². The zero-order chi connectivity index (χ0) is 17.8. The highest BCUT2D eigenvalue weighted by molar-refractivity contribution is 5.97. The number of carbonyl (C=O) groups is 2. The number of hydrogen-bond acceptors (Lipinski definition) is 4. The summed E-state index contributed by atoms with van der Waals surface area (Å²) in [5, 5.41) is 2.95. The van der Waals surface area contributed by atoms with Gasteiger partial charge in [-0.15, -0.1) is 0 Å². The van der Waals surface area contributed by atoms with Crippen LogP contribution < -0.4 is 5.32 Å². The zero-order valence-electron chi connectivity index (χ0n) is 15.4. The quantitative estimate of drug-likeness (QED) is 0.784. The van der Waals surface area contributed by atoms with Crippen LogP contribution in [0.1, 0.15) is 58.9 Å². The zero-order valence-corrected chi connectivity index (χ0v) is 15.4. The lowest BCUT2D eigenvalue weighted by Gasteiger charge is -2.19. The van der Waals surface area contributed by atoms with Gasteiger partial charge in [0.25, 0.3) is 11.8 Å². The molecule has 3 rings (SSSR count). The minimum Gasteiger partial charge on any atom is -0.349 e. The topological polar surface area (TPSA) is 70.5 Å². The van der Waals surface area contributed by atoms with Crippen LogP contribution in [0.25, 0.3) is 0 Å². The summed E-state index contributed by atoms with van der Waals surface area (Å²) in [5.41, 5.74) is 1.45. The summed E-state index contributed by atoms with van der Waals surface area (Å²) in [6.45, 7) is 3.93. The van der Waals surface area contributed by atoms with Crippen LogP contribution >= 0.6 is 0 Å². The Hall–Kier alpha value is -1.89. The number of hydrogen-bond donors (Lipinski definition) is 1. The van der Waals surface area contributed by atoms with Gasteiger partial charge >= 0.3 is 0 Å². The van der Waals surface area contributed by atoms with Crippen molar-refractivity contribution < 1.29 is 9.59 Å². The summed E-state index contributed by atoms with van der Waals surface area (Å²) in [7, 11) is 4.03. The Labute approximate surface area is 149 Å². The highest BCUT2D eigenvalue weighted by Gasteiger charge is 2.30. The molecule has 1 saturated heterocycles. The largest absolute Gasteiger partial charge is 0.349 e. The number of carbonyl (C=O) groups excluding carboxylic acids is 2. The molecule has 25 heavy (non-hydrogen) atoms. The van der Waals surface area contributed by atoms with E-state index < -0.39 is 0 Å². The lowest BCUT2D eigenvalue weighted by molar-refractivity contribution is 0.0786. The first kappa shape index (κ1) is 17.9. The van der Waals surface area contributed by atoms with Gasteiger partial charge in [0.15, 0.2) is 5.82 Å². The van der Waals surface area contributed by atoms with E-state index in [1.54, 1.807) is 0 Å². The first-order valence-corrected chi connectivity index (χ1v) is 9.39. The molecule has 0 saturated carbocycles. The standard InChI is InChI=1S/C18H29N5O2/c1-21(2)10-7-9-19-17(24)16-20-15(14-8-3-4-13-23(14)16)18(25)22-11-5-6-12-22/h3-13H2,1-2H3,(H,19,24). The molecule has 0 aromatic carbocycles. The normalized spacial score (nSPS) is 17.0. The van der Waals surface area contributed by atoms with Crippen molar-refractivity contribution in [3.05, 3.63) is 17.2 Å². The van der Waals surface area contributed by atoms with Gasteiger partial charge in [0.05, 0.1) is 5.69 Å². The van der Waals surface area contributed by atoms with Crippen molar-refractivity contribution in [2.45, 2.75) is 45.1 Å². The maximum Gasteiger partial charge on any atom is 0.287 e. The van der Waals surface area contributed by atoms with Crippen LogP contribution in [0.5, 0.6) is 0 Å². The number of nitrogens with zero attached hydrogens (tertiary/aromatic N) is 4. The van der Waals surface area contributed by atoms with Crippen LogP contribution in [-0.2, 0) is 13.0 Å². The van der Waals surface area contributed by atoms with E-state index in [-0.39, 0.29) is 11.8 Å². The molecule has 0 unspecified atom stereocenters. The van der Waals surface area contributed by atoms with Crippen LogP contribution in [0.4, 0.5) is 0 Å². The average molecular weight is 347 g/mol. The molecule has 0 aliphatic carbocycles. The minimum absolute atomic E-state index is 0.00481. The molecular weight excluding hydrogens is 318 g/mol. The highest BCUT2D eigenvalue weighted by atomic mass is 16.2. The summed E-state index contributed by atoms with van der Waals surface area (Å²) in [6.07, 6.45) is 5.92. The smallest absolute Gasteiger partial charge is 0.287 e. The van der Waals surface area contributed by atoms with Crippen molar-refractivity contribution in [3.8, 4) is 0 Å². The molecule has 7 heteroatoms. The molecule has 1 N–H and O–H groups in total. The Morgan fingerprint density at radius 1 is 1.12 bits per heavy atom. The summed E-state index contributed by atoms with van der Waals surface area (Å²) in [6, 6.07) is 0. The minimum atomic E-state index is -0.164. The van der Waals surface area contributed by atoms with Gasteiger partial charge < -0.3 is 19.7 Å². The second-order valence-corrected chi connectivity index (χ2v) is 7.25. The van der Waals surface area contributed by atoms with Gasteiger partial charge in [-0.25, -0.2) is 4.98 Å². The molecule has 138 valence electrons. The molecule has 0 radical (unpaired) electrons. The fourth-order valence-electron chi connectivity index (χ4n) is 3.63. The number of nitrogens with one attached hydrogen (secondary N) is 1. The molecule has 1 aromatic rings. The number of likely N-dealkylation sites (tertiary alicyclic amines) is 1. The second kappa shape index (κ2) is 7.99. The average Bonchev–Trinajstić information content (AvgIpc) is 3.25. The van der Waals surface area contributed by atoms with E-state index in [1.165, 1.54) is 0 Å². The fraction of sp³-hybridized carbons (Fsp3) is 0.722. The third-order valence-electron chi connectivity index (χ3n) is 4.98. The van der Waals surface area contributed by atoms with E-state index in [0.29, 0.717) is 18.1 Å². The van der Waals surface area contributed by atoms with Gasteiger partial charge in [0.2, 0.25) is 0 Å². The molecule has 3 heterocycles. The van der Waals surface area contributed by atoms with E-state index >= 15 is 0 Å². The van der Waals surface area contributed by atoms with Crippen LogP contribution in [0.2, 0.25) is 0 Å². The number of amides is 2. The Balaban J connectivity index is 1.75. The fourth-order valence-corrected chi connectivity index (χ4v) is 3.63. The van der Waals surface area contributed by atoms with Gasteiger partial charge in [0, 0.05) is 26.2 Å². The van der Waals surface area contributed by atoms with Crippen LogP contribution in [0, 0.1) is 0 Å². The lowest BCUT2D eigenvalue weighted by atomic mass is 10.1. The number of fused-ring (bicyclic) bond motifs is 1. The predicted molar refractivity (Wildman–Crippen MR) is 95.8 cm³/mol. The second-order valence-electron chi connectivity index (χ2n) is 7.25. The Morgan fingerprint density at radius 3 is 2.56 bits per heavy atom. The Bertz CT molecular complexity index is 632. The molecule has 0 atom stereocenters. The molecule has 0 bridgehead atoms. The molecule has 1 fully saturated rings. The highest BCUT2D eigenvalue weighted by Crippen LogP contribution is 2.23. The van der Waals surface area contributed by atoms with Crippen LogP contribution in [0.15, 0.2) is 0 Å². The summed E-state index contributed by atoms with van der Waals surface area (Å²) in [4.78, 5) is 33.9. The molecule has 2 aliphatic rings. The van der Waals surface area contributed by atoms with Crippen molar-refractivity contribution in [1.82, 2.24) is 24.7 Å². The Kier molecular flexibility index (Phi) is 5.73. The third-order valence-corrected chi connectivity index (χ3v) is 4.98. The van der Waals surface area contributed by atoms with Crippen molar-refractivity contribution in [2.24, 2.45) is 0 Å². The van der Waals surface area contributed by atoms with E-state index in [0.717, 1.165) is 70.4 Å². The van der Waals surface area contributed by atoms with Gasteiger partial charge in [-0.05, 0) is 59.2 Å². The maximum absolute atomic E-state index is 12.8. The molecular formula is C18H29N5O2. The molecule has 0 spiro atoms. The predicted octanol–water partition coefficient (Wildman–Crippen LogP) is 1.14. The van der Waals surface area contributed by atoms with Crippen molar-refractivity contribution >= 4 is 11.8 Å². The molecule has 7 nitrogen and oxygen atoms in total. The summed E-state index contributed by atoms with van der Waals surface area (Å²) in [5.74, 6) is 0.235. The van der Waals surface area contributed by atoms with E-state index in [2.05, 4.69) is 15.2 Å². The van der Waals surface area contributed by atoms with Crippen molar-refractivity contribution in [2.75, 3.05) is 40.3 Å². The number of rotatable bonds is 6. The number of aromatic nitrogens is 2. The number of imidazole rings is 1. The summed E-state index contributed by atoms with van der Waals surface area (Å²) >= 11 is 0. The van der Waals surface area contributed by atoms with Gasteiger partial charge in [0.1, 0.15) is 5.69 Å². The van der Waals surface area contributed by atoms with E-state index in [4.69, 9.17) is 0 Å². The van der Waals surface area contributed by atoms with Crippen LogP contribution in [-0.4, -0.2) is 71.4 Å². The van der Waals surface area contributed by atoms with E-state index in [9.17, 15) is 9.59 Å². The Morgan fingerprint density at radius 2 is 1.84 bits per heavy atom. The van der Waals surface area contributed by atoms with Gasteiger partial charge in [-0.1, -0.05) is 0 Å². The summed E-state index contributed by atoms with van der Waals surface area (Å²) < 4.78 is 1.97. The molecule has 2 aliphatic heterocycles. The molecule has 2 amide bonds. The lowest BCUT2D eigenvalue weighted by Crippen LogP contribution is -2.30. The maximum atomic E-state index is 12.8. The van der Waals surface area contributed by atoms with E-state index in [1.807, 2.05) is 23.6 Å². The third kappa shape index (κ3) is 4.03. The SMILES string of the molecule is CN(C)CCCNC(=O)c1nc(C(=O)N2CCCC2)c2n1CCCC2. The monoisotopic (exact) mass is 347 g/mol. The first-order valence-electron chi connectivity index (χ1n) is 9.39. The van der Waals surface area contributed by atoms with Crippen molar-refractivity contribution in [1.29, 1.82) is 0 Å². The van der Waals surface area contributed by atoms with Gasteiger partial charge in [-0.2, -0.15) is 0 Å². The molecule has 1 aromatic heterocycles. The van der Waals surface area contributed by atoms with Gasteiger partial charge in [-0.3, -0.25) is 9.59 Å².